The number of aliphatic imine (C=N–C) groups is 1. The lowest BCUT2D eigenvalue weighted by atomic mass is 10.2. The van der Waals surface area contributed by atoms with Gasteiger partial charge in [-0.1, -0.05) is 18.2 Å². The predicted molar refractivity (Wildman–Crippen MR) is 123 cm³/mol. The molecular formula is C22H33N5OS. The molecule has 2 aromatic rings. The van der Waals surface area contributed by atoms with Gasteiger partial charge in [0.1, 0.15) is 12.4 Å². The summed E-state index contributed by atoms with van der Waals surface area (Å²) in [6.45, 7) is 9.18. The van der Waals surface area contributed by atoms with Crippen LogP contribution in [0.1, 0.15) is 12.5 Å². The van der Waals surface area contributed by atoms with Crippen molar-refractivity contribution >= 4 is 22.3 Å². The Morgan fingerprint density at radius 2 is 1.93 bits per heavy atom. The summed E-state index contributed by atoms with van der Waals surface area (Å²) >= 11 is 1.81. The maximum absolute atomic E-state index is 5.99. The highest BCUT2D eigenvalue weighted by atomic mass is 32.1. The molecule has 3 rings (SSSR count). The molecule has 1 aliphatic rings. The van der Waals surface area contributed by atoms with Gasteiger partial charge in [-0.3, -0.25) is 0 Å². The number of para-hydroxylation sites is 1. The fourth-order valence-corrected chi connectivity index (χ4v) is 4.07. The fourth-order valence-electron chi connectivity index (χ4n) is 3.29. The van der Waals surface area contributed by atoms with E-state index in [0.717, 1.165) is 56.5 Å². The lowest BCUT2D eigenvalue weighted by molar-refractivity contribution is 0.259. The molecule has 2 heterocycles. The number of nitrogens with zero attached hydrogens (tertiary/aromatic N) is 4. The van der Waals surface area contributed by atoms with E-state index in [0.29, 0.717) is 13.2 Å². The molecule has 0 radical (unpaired) electrons. The van der Waals surface area contributed by atoms with Crippen LogP contribution in [0.15, 0.2) is 46.8 Å². The van der Waals surface area contributed by atoms with Crippen molar-refractivity contribution in [2.24, 2.45) is 4.99 Å². The highest BCUT2D eigenvalue weighted by Crippen LogP contribution is 2.23. The van der Waals surface area contributed by atoms with Crippen molar-refractivity contribution in [1.29, 1.82) is 0 Å². The molecule has 0 atom stereocenters. The van der Waals surface area contributed by atoms with Gasteiger partial charge in [-0.2, -0.15) is 0 Å². The van der Waals surface area contributed by atoms with E-state index in [4.69, 9.17) is 9.73 Å². The van der Waals surface area contributed by atoms with E-state index in [9.17, 15) is 0 Å². The third-order valence-electron chi connectivity index (χ3n) is 4.90. The number of benzene rings is 1. The van der Waals surface area contributed by atoms with E-state index in [1.165, 1.54) is 5.00 Å². The van der Waals surface area contributed by atoms with Crippen molar-refractivity contribution in [3.63, 3.8) is 0 Å². The van der Waals surface area contributed by atoms with Crippen LogP contribution < -0.4 is 15.0 Å². The van der Waals surface area contributed by atoms with Crippen LogP contribution in [0.25, 0.3) is 0 Å². The Morgan fingerprint density at radius 1 is 1.14 bits per heavy atom. The number of nitrogens with one attached hydrogen (secondary N) is 1. The van der Waals surface area contributed by atoms with Gasteiger partial charge in [0.05, 0.1) is 11.5 Å². The average Bonchev–Trinajstić information content (AvgIpc) is 3.27. The molecule has 1 N–H and O–H groups in total. The summed E-state index contributed by atoms with van der Waals surface area (Å²) < 4.78 is 5.99. The van der Waals surface area contributed by atoms with Crippen LogP contribution in [0.4, 0.5) is 5.00 Å². The Morgan fingerprint density at radius 3 is 2.62 bits per heavy atom. The van der Waals surface area contributed by atoms with Gasteiger partial charge in [-0.05, 0) is 44.6 Å². The Kier molecular flexibility index (Phi) is 8.19. The molecule has 0 amide bonds. The largest absolute Gasteiger partial charge is 0.492 e. The van der Waals surface area contributed by atoms with E-state index in [1.54, 1.807) is 0 Å². The quantitative estimate of drug-likeness (QED) is 0.530. The molecule has 1 fully saturated rings. The molecule has 0 unspecified atom stereocenters. The molecule has 1 aromatic carbocycles. The molecule has 6 nitrogen and oxygen atoms in total. The topological polar surface area (TPSA) is 43.3 Å². The first-order valence-electron chi connectivity index (χ1n) is 10.3. The molecule has 0 bridgehead atoms. The van der Waals surface area contributed by atoms with Crippen molar-refractivity contribution in [2.75, 3.05) is 64.9 Å². The molecule has 0 saturated carbocycles. The Hall–Kier alpha value is -2.25. The van der Waals surface area contributed by atoms with Gasteiger partial charge in [-0.25, -0.2) is 4.99 Å². The Labute approximate surface area is 178 Å². The highest BCUT2D eigenvalue weighted by Gasteiger charge is 2.20. The second-order valence-electron chi connectivity index (χ2n) is 7.36. The van der Waals surface area contributed by atoms with Crippen molar-refractivity contribution in [2.45, 2.75) is 13.5 Å². The number of rotatable bonds is 8. The fraction of sp³-hybridized carbons (Fsp3) is 0.500. The van der Waals surface area contributed by atoms with Gasteiger partial charge in [0.15, 0.2) is 5.96 Å². The second kappa shape index (κ2) is 11.1. The number of piperazine rings is 1. The third-order valence-corrected chi connectivity index (χ3v) is 5.83. The van der Waals surface area contributed by atoms with Crippen molar-refractivity contribution < 1.29 is 4.74 Å². The minimum absolute atomic E-state index is 0.617. The van der Waals surface area contributed by atoms with Crippen LogP contribution in [0.3, 0.4) is 0 Å². The zero-order chi connectivity index (χ0) is 20.5. The van der Waals surface area contributed by atoms with E-state index in [1.807, 2.05) is 23.5 Å². The molecule has 1 aliphatic heterocycles. The van der Waals surface area contributed by atoms with Crippen molar-refractivity contribution in [3.05, 3.63) is 47.3 Å². The molecule has 0 spiro atoms. The van der Waals surface area contributed by atoms with Crippen LogP contribution in [0.2, 0.25) is 0 Å². The van der Waals surface area contributed by atoms with Crippen LogP contribution in [-0.2, 0) is 6.54 Å². The Bertz CT molecular complexity index is 754. The minimum Gasteiger partial charge on any atom is -0.492 e. The summed E-state index contributed by atoms with van der Waals surface area (Å²) in [6.07, 6.45) is 0. The van der Waals surface area contributed by atoms with Gasteiger partial charge < -0.3 is 24.8 Å². The lowest BCUT2D eigenvalue weighted by Gasteiger charge is -2.37. The van der Waals surface area contributed by atoms with Crippen LogP contribution >= 0.6 is 11.3 Å². The predicted octanol–water partition coefficient (Wildman–Crippen LogP) is 2.98. The number of ether oxygens (including phenoxy) is 1. The molecule has 7 heteroatoms. The Balaban J connectivity index is 1.61. The minimum atomic E-state index is 0.617. The van der Waals surface area contributed by atoms with Crippen LogP contribution in [0.5, 0.6) is 5.75 Å². The van der Waals surface area contributed by atoms with Crippen molar-refractivity contribution in [1.82, 2.24) is 15.1 Å². The normalized spacial score (nSPS) is 15.1. The SMILES string of the molecule is CCNC(=NCc1ccccc1OCCN(C)C)N1CCN(c2cccs2)CC1. The number of thiophene rings is 1. The van der Waals surface area contributed by atoms with Crippen LogP contribution in [-0.4, -0.2) is 75.7 Å². The number of likely N-dealkylation sites (N-methyl/N-ethyl adjacent to an activating group) is 1. The standard InChI is InChI=1S/C22H33N5OS/c1-4-23-22(27-13-11-26(12-14-27)21-10-7-17-29-21)24-18-19-8-5-6-9-20(19)28-16-15-25(2)3/h5-10,17H,4,11-16,18H2,1-3H3,(H,23,24). The first-order valence-corrected chi connectivity index (χ1v) is 11.2. The molecular weight excluding hydrogens is 382 g/mol. The molecule has 0 aliphatic carbocycles. The van der Waals surface area contributed by atoms with E-state index < -0.39 is 0 Å². The zero-order valence-corrected chi connectivity index (χ0v) is 18.6. The smallest absolute Gasteiger partial charge is 0.194 e. The van der Waals surface area contributed by atoms with Gasteiger partial charge in [0.25, 0.3) is 0 Å². The summed E-state index contributed by atoms with van der Waals surface area (Å²) in [4.78, 5) is 11.9. The first-order chi connectivity index (χ1) is 14.2. The van der Waals surface area contributed by atoms with Gasteiger partial charge in [-0.15, -0.1) is 11.3 Å². The maximum atomic E-state index is 5.99. The number of anilines is 1. The van der Waals surface area contributed by atoms with Gasteiger partial charge in [0.2, 0.25) is 0 Å². The van der Waals surface area contributed by atoms with E-state index in [-0.39, 0.29) is 0 Å². The molecule has 158 valence electrons. The van der Waals surface area contributed by atoms with E-state index in [2.05, 4.69) is 70.7 Å². The van der Waals surface area contributed by atoms with Gasteiger partial charge >= 0.3 is 0 Å². The summed E-state index contributed by atoms with van der Waals surface area (Å²) in [5, 5.41) is 6.96. The van der Waals surface area contributed by atoms with Crippen LogP contribution in [0, 0.1) is 0 Å². The average molecular weight is 416 g/mol. The summed E-state index contributed by atoms with van der Waals surface area (Å²) in [6, 6.07) is 12.5. The molecule has 1 saturated heterocycles. The zero-order valence-electron chi connectivity index (χ0n) is 17.8. The number of hydrogen-bond acceptors (Lipinski definition) is 5. The maximum Gasteiger partial charge on any atom is 0.194 e. The highest BCUT2D eigenvalue weighted by molar-refractivity contribution is 7.14. The number of hydrogen-bond donors (Lipinski definition) is 1. The summed E-state index contributed by atoms with van der Waals surface area (Å²) in [7, 11) is 4.11. The third kappa shape index (κ3) is 6.37. The van der Waals surface area contributed by atoms with Crippen molar-refractivity contribution in [3.8, 4) is 5.75 Å². The summed E-state index contributed by atoms with van der Waals surface area (Å²) in [5.41, 5.74) is 1.12. The second-order valence-corrected chi connectivity index (χ2v) is 8.28. The van der Waals surface area contributed by atoms with E-state index >= 15 is 0 Å². The number of guanidine groups is 1. The molecule has 1 aromatic heterocycles. The molecule has 29 heavy (non-hydrogen) atoms. The van der Waals surface area contributed by atoms with Gasteiger partial charge in [0, 0.05) is 44.8 Å². The lowest BCUT2D eigenvalue weighted by Crippen LogP contribution is -2.52. The summed E-state index contributed by atoms with van der Waals surface area (Å²) in [5.74, 6) is 1.91. The monoisotopic (exact) mass is 415 g/mol. The first kappa shape index (κ1) is 21.5.